The molecule has 0 unspecified atom stereocenters. The van der Waals surface area contributed by atoms with Crippen molar-refractivity contribution >= 4 is 22.5 Å². The van der Waals surface area contributed by atoms with E-state index in [0.29, 0.717) is 28.1 Å². The number of halogens is 2. The van der Waals surface area contributed by atoms with E-state index >= 15 is 0 Å². The van der Waals surface area contributed by atoms with Gasteiger partial charge in [-0.15, -0.1) is 0 Å². The molecule has 4 aromatic rings. The standard InChI is InChI=1S/C19H15F2N5O/c1-10-8-16(26-25-10)23-18-14-7-6-13(21)9-15(14)22-19(24-18)17(27)11-2-4-12(20)5-3-11/h2-9,17,27H,1H3,(H2,22,23,24,25,26)/t17-/m0/s1. The van der Waals surface area contributed by atoms with Crippen molar-refractivity contribution in [3.63, 3.8) is 0 Å². The van der Waals surface area contributed by atoms with Crippen molar-refractivity contribution in [2.45, 2.75) is 13.0 Å². The Morgan fingerprint density at radius 2 is 1.74 bits per heavy atom. The lowest BCUT2D eigenvalue weighted by Gasteiger charge is -2.14. The molecule has 0 radical (unpaired) electrons. The molecule has 0 spiro atoms. The van der Waals surface area contributed by atoms with E-state index in [2.05, 4.69) is 25.5 Å². The zero-order chi connectivity index (χ0) is 19.0. The van der Waals surface area contributed by atoms with Gasteiger partial charge in [0.15, 0.2) is 11.6 Å². The number of hydrogen-bond donors (Lipinski definition) is 3. The zero-order valence-electron chi connectivity index (χ0n) is 14.2. The van der Waals surface area contributed by atoms with Gasteiger partial charge in [0, 0.05) is 23.2 Å². The lowest BCUT2D eigenvalue weighted by atomic mass is 10.1. The second kappa shape index (κ2) is 6.73. The van der Waals surface area contributed by atoms with Crippen LogP contribution in [0.25, 0.3) is 10.9 Å². The SMILES string of the molecule is Cc1cc(Nc2nc([C@@H](O)c3ccc(F)cc3)nc3cc(F)ccc23)n[nH]1. The first-order chi connectivity index (χ1) is 13.0. The van der Waals surface area contributed by atoms with E-state index < -0.39 is 17.7 Å². The Bertz CT molecular complexity index is 1110. The molecule has 4 rings (SSSR count). The summed E-state index contributed by atoms with van der Waals surface area (Å²) in [7, 11) is 0. The fraction of sp³-hybridized carbons (Fsp3) is 0.105. The summed E-state index contributed by atoms with van der Waals surface area (Å²) in [6, 6.07) is 11.3. The number of aromatic nitrogens is 4. The minimum absolute atomic E-state index is 0.0643. The molecule has 27 heavy (non-hydrogen) atoms. The highest BCUT2D eigenvalue weighted by Gasteiger charge is 2.18. The van der Waals surface area contributed by atoms with Gasteiger partial charge in [-0.2, -0.15) is 5.10 Å². The number of anilines is 2. The van der Waals surface area contributed by atoms with Gasteiger partial charge in [-0.05, 0) is 36.8 Å². The number of nitrogens with zero attached hydrogens (tertiary/aromatic N) is 3. The van der Waals surface area contributed by atoms with E-state index in [9.17, 15) is 13.9 Å². The quantitative estimate of drug-likeness (QED) is 0.511. The Hall–Kier alpha value is -3.39. The maximum atomic E-state index is 13.7. The number of aliphatic hydroxyl groups is 1. The van der Waals surface area contributed by atoms with Crippen LogP contribution in [-0.2, 0) is 0 Å². The van der Waals surface area contributed by atoms with Gasteiger partial charge in [0.1, 0.15) is 23.6 Å². The number of H-pyrrole nitrogens is 1. The first-order valence-electron chi connectivity index (χ1n) is 8.19. The van der Waals surface area contributed by atoms with Gasteiger partial charge in [-0.25, -0.2) is 18.7 Å². The number of hydrogen-bond acceptors (Lipinski definition) is 5. The highest BCUT2D eigenvalue weighted by Crippen LogP contribution is 2.28. The van der Waals surface area contributed by atoms with Crippen molar-refractivity contribution in [2.24, 2.45) is 0 Å². The van der Waals surface area contributed by atoms with E-state index in [4.69, 9.17) is 0 Å². The summed E-state index contributed by atoms with van der Waals surface area (Å²) in [4.78, 5) is 8.67. The molecule has 2 aromatic carbocycles. The number of aromatic amines is 1. The van der Waals surface area contributed by atoms with E-state index in [1.54, 1.807) is 12.1 Å². The average Bonchev–Trinajstić information content (AvgIpc) is 3.06. The molecule has 0 bridgehead atoms. The van der Waals surface area contributed by atoms with E-state index in [1.165, 1.54) is 36.4 Å². The van der Waals surface area contributed by atoms with Crippen LogP contribution in [0.4, 0.5) is 20.4 Å². The number of rotatable bonds is 4. The number of aliphatic hydroxyl groups excluding tert-OH is 1. The lowest BCUT2D eigenvalue weighted by Crippen LogP contribution is -2.08. The first kappa shape index (κ1) is 17.0. The predicted molar refractivity (Wildman–Crippen MR) is 96.6 cm³/mol. The van der Waals surface area contributed by atoms with Crippen LogP contribution in [0.3, 0.4) is 0 Å². The second-order valence-corrected chi connectivity index (χ2v) is 6.11. The van der Waals surface area contributed by atoms with Crippen molar-refractivity contribution in [1.29, 1.82) is 0 Å². The van der Waals surface area contributed by atoms with E-state index in [1.807, 2.05) is 6.92 Å². The molecule has 0 saturated heterocycles. The summed E-state index contributed by atoms with van der Waals surface area (Å²) >= 11 is 0. The summed E-state index contributed by atoms with van der Waals surface area (Å²) in [5.41, 5.74) is 1.61. The van der Waals surface area contributed by atoms with Crippen molar-refractivity contribution in [2.75, 3.05) is 5.32 Å². The molecule has 0 amide bonds. The van der Waals surface area contributed by atoms with Crippen molar-refractivity contribution < 1.29 is 13.9 Å². The van der Waals surface area contributed by atoms with Crippen molar-refractivity contribution in [3.8, 4) is 0 Å². The number of aryl methyl sites for hydroxylation is 1. The molecule has 3 N–H and O–H groups in total. The van der Waals surface area contributed by atoms with Gasteiger partial charge in [0.2, 0.25) is 0 Å². The minimum atomic E-state index is -1.19. The molecule has 136 valence electrons. The van der Waals surface area contributed by atoms with Crippen LogP contribution in [-0.4, -0.2) is 25.3 Å². The molecule has 0 aliphatic rings. The third-order valence-electron chi connectivity index (χ3n) is 4.06. The Morgan fingerprint density at radius 3 is 2.44 bits per heavy atom. The topological polar surface area (TPSA) is 86.7 Å². The molecular formula is C19H15F2N5O. The van der Waals surface area contributed by atoms with Crippen LogP contribution in [0.2, 0.25) is 0 Å². The summed E-state index contributed by atoms with van der Waals surface area (Å²) in [5, 5.41) is 21.2. The molecule has 6 nitrogen and oxygen atoms in total. The molecule has 2 heterocycles. The molecule has 0 aliphatic carbocycles. The smallest absolute Gasteiger partial charge is 0.164 e. The summed E-state index contributed by atoms with van der Waals surface area (Å²) in [5.74, 6) is 0.102. The fourth-order valence-corrected chi connectivity index (χ4v) is 2.74. The van der Waals surface area contributed by atoms with E-state index in [0.717, 1.165) is 5.69 Å². The van der Waals surface area contributed by atoms with Crippen LogP contribution in [0.5, 0.6) is 0 Å². The largest absolute Gasteiger partial charge is 0.380 e. The first-order valence-corrected chi connectivity index (χ1v) is 8.19. The lowest BCUT2D eigenvalue weighted by molar-refractivity contribution is 0.210. The number of benzene rings is 2. The summed E-state index contributed by atoms with van der Waals surface area (Å²) in [6.07, 6.45) is -1.19. The molecule has 0 saturated carbocycles. The van der Waals surface area contributed by atoms with Gasteiger partial charge >= 0.3 is 0 Å². The van der Waals surface area contributed by atoms with Crippen molar-refractivity contribution in [1.82, 2.24) is 20.2 Å². The van der Waals surface area contributed by atoms with Crippen LogP contribution >= 0.6 is 0 Å². The maximum Gasteiger partial charge on any atom is 0.164 e. The van der Waals surface area contributed by atoms with Gasteiger partial charge in [-0.1, -0.05) is 12.1 Å². The fourth-order valence-electron chi connectivity index (χ4n) is 2.74. The average molecular weight is 367 g/mol. The van der Waals surface area contributed by atoms with Crippen LogP contribution in [0, 0.1) is 18.6 Å². The van der Waals surface area contributed by atoms with Crippen molar-refractivity contribution in [3.05, 3.63) is 77.2 Å². The van der Waals surface area contributed by atoms with Gasteiger partial charge in [-0.3, -0.25) is 5.10 Å². The third-order valence-corrected chi connectivity index (χ3v) is 4.06. The summed E-state index contributed by atoms with van der Waals surface area (Å²) in [6.45, 7) is 1.86. The Morgan fingerprint density at radius 1 is 1.00 bits per heavy atom. The summed E-state index contributed by atoms with van der Waals surface area (Å²) < 4.78 is 26.8. The Balaban J connectivity index is 1.81. The molecule has 0 fully saturated rings. The number of fused-ring (bicyclic) bond motifs is 1. The molecule has 8 heteroatoms. The molecule has 0 aliphatic heterocycles. The monoisotopic (exact) mass is 367 g/mol. The highest BCUT2D eigenvalue weighted by molar-refractivity contribution is 5.90. The van der Waals surface area contributed by atoms with E-state index in [-0.39, 0.29) is 5.82 Å². The maximum absolute atomic E-state index is 13.7. The van der Waals surface area contributed by atoms with Gasteiger partial charge in [0.05, 0.1) is 5.52 Å². The predicted octanol–water partition coefficient (Wildman–Crippen LogP) is 3.76. The van der Waals surface area contributed by atoms with Gasteiger partial charge < -0.3 is 10.4 Å². The highest BCUT2D eigenvalue weighted by atomic mass is 19.1. The molecule has 1 atom stereocenters. The third kappa shape index (κ3) is 3.47. The van der Waals surface area contributed by atoms with Crippen LogP contribution in [0.1, 0.15) is 23.2 Å². The van der Waals surface area contributed by atoms with Crippen LogP contribution in [0.15, 0.2) is 48.5 Å². The van der Waals surface area contributed by atoms with Gasteiger partial charge in [0.25, 0.3) is 0 Å². The van der Waals surface area contributed by atoms with Crippen LogP contribution < -0.4 is 5.32 Å². The molecular weight excluding hydrogens is 352 g/mol. The number of nitrogens with one attached hydrogen (secondary N) is 2. The normalized spacial score (nSPS) is 12.3. The zero-order valence-corrected chi connectivity index (χ0v) is 14.2. The second-order valence-electron chi connectivity index (χ2n) is 6.11. The Labute approximate surface area is 152 Å². The molecule has 2 aromatic heterocycles. The Kier molecular flexibility index (Phi) is 4.25. The minimum Gasteiger partial charge on any atom is -0.380 e.